The number of nitrogens with zero attached hydrogens (tertiary/aromatic N) is 4. The van der Waals surface area contributed by atoms with Gasteiger partial charge in [0.15, 0.2) is 0 Å². The molecular weight excluding hydrogens is 298 g/mol. The van der Waals surface area contributed by atoms with Gasteiger partial charge in [0.1, 0.15) is 10.8 Å². The Morgan fingerprint density at radius 2 is 2.24 bits per heavy atom. The maximum absolute atomic E-state index is 12.2. The summed E-state index contributed by atoms with van der Waals surface area (Å²) in [5.41, 5.74) is 0.699. The number of carbonyl (C=O) groups excluding carboxylic acids is 1. The summed E-state index contributed by atoms with van der Waals surface area (Å²) in [7, 11) is 1.62. The highest BCUT2D eigenvalue weighted by molar-refractivity contribution is 6.29. The van der Waals surface area contributed by atoms with Crippen molar-refractivity contribution in [3.05, 3.63) is 44.9 Å². The Bertz CT molecular complexity index is 713. The lowest BCUT2D eigenvalue weighted by atomic mass is 10.3. The average Bonchev–Trinajstić information content (AvgIpc) is 2.80. The molecule has 2 aromatic heterocycles. The van der Waals surface area contributed by atoms with Crippen LogP contribution in [0.5, 0.6) is 0 Å². The minimum absolute atomic E-state index is 0.0511. The van der Waals surface area contributed by atoms with Crippen molar-refractivity contribution in [2.45, 2.75) is 13.3 Å². The molecule has 2 heterocycles. The topological polar surface area (TPSA) is 103 Å². The second-order valence-electron chi connectivity index (χ2n) is 4.21. The fourth-order valence-electron chi connectivity index (χ4n) is 1.75. The molecule has 0 aliphatic heterocycles. The van der Waals surface area contributed by atoms with Crippen LogP contribution in [0.1, 0.15) is 23.1 Å². The van der Waals surface area contributed by atoms with E-state index in [1.54, 1.807) is 13.1 Å². The SMILES string of the molecule is CCc1cc(C(=O)Nc2nc(Cl)ccc2[N+](=O)[O-])n(C)n1. The van der Waals surface area contributed by atoms with Crippen LogP contribution >= 0.6 is 11.6 Å². The van der Waals surface area contributed by atoms with E-state index >= 15 is 0 Å². The van der Waals surface area contributed by atoms with E-state index in [4.69, 9.17) is 11.6 Å². The molecule has 0 saturated carbocycles. The average molecular weight is 310 g/mol. The van der Waals surface area contributed by atoms with Gasteiger partial charge in [0.25, 0.3) is 5.91 Å². The Labute approximate surface area is 124 Å². The largest absolute Gasteiger partial charge is 0.311 e. The summed E-state index contributed by atoms with van der Waals surface area (Å²) >= 11 is 5.71. The van der Waals surface area contributed by atoms with E-state index in [1.807, 2.05) is 6.92 Å². The van der Waals surface area contributed by atoms with Gasteiger partial charge in [-0.3, -0.25) is 24.9 Å². The number of nitro groups is 1. The van der Waals surface area contributed by atoms with Crippen LogP contribution in [-0.4, -0.2) is 25.6 Å². The number of pyridine rings is 1. The second kappa shape index (κ2) is 5.88. The van der Waals surface area contributed by atoms with Crippen LogP contribution in [0.15, 0.2) is 18.2 Å². The first-order valence-corrected chi connectivity index (χ1v) is 6.45. The van der Waals surface area contributed by atoms with Crippen molar-refractivity contribution in [2.75, 3.05) is 5.32 Å². The molecule has 0 unspecified atom stereocenters. The molecule has 21 heavy (non-hydrogen) atoms. The number of carbonyl (C=O) groups is 1. The van der Waals surface area contributed by atoms with E-state index < -0.39 is 10.8 Å². The highest BCUT2D eigenvalue weighted by Gasteiger charge is 2.20. The number of halogens is 1. The third kappa shape index (κ3) is 3.16. The van der Waals surface area contributed by atoms with Crippen molar-refractivity contribution in [1.82, 2.24) is 14.8 Å². The number of aryl methyl sites for hydroxylation is 2. The number of hydrogen-bond donors (Lipinski definition) is 1. The molecule has 1 amide bonds. The summed E-state index contributed by atoms with van der Waals surface area (Å²) in [6.45, 7) is 1.91. The standard InChI is InChI=1S/C12H12ClN5O3/c1-3-7-6-9(17(2)16-7)12(19)15-11-8(18(20)21)4-5-10(13)14-11/h4-6H,3H2,1-2H3,(H,14,15,19). The zero-order valence-corrected chi connectivity index (χ0v) is 12.1. The lowest BCUT2D eigenvalue weighted by Gasteiger charge is -2.05. The molecule has 0 spiro atoms. The highest BCUT2D eigenvalue weighted by atomic mass is 35.5. The molecule has 8 nitrogen and oxygen atoms in total. The molecule has 110 valence electrons. The van der Waals surface area contributed by atoms with Gasteiger partial charge in [0.05, 0.1) is 10.6 Å². The van der Waals surface area contributed by atoms with E-state index in [2.05, 4.69) is 15.4 Å². The van der Waals surface area contributed by atoms with Crippen molar-refractivity contribution in [3.8, 4) is 0 Å². The van der Waals surface area contributed by atoms with E-state index in [9.17, 15) is 14.9 Å². The maximum atomic E-state index is 12.2. The molecule has 2 rings (SSSR count). The Morgan fingerprint density at radius 1 is 1.52 bits per heavy atom. The van der Waals surface area contributed by atoms with Crippen LogP contribution < -0.4 is 5.32 Å². The summed E-state index contributed by atoms with van der Waals surface area (Å²) < 4.78 is 1.41. The first kappa shape index (κ1) is 14.9. The van der Waals surface area contributed by atoms with E-state index in [1.165, 1.54) is 16.8 Å². The first-order valence-electron chi connectivity index (χ1n) is 6.07. The molecule has 0 aliphatic carbocycles. The molecule has 0 fully saturated rings. The number of anilines is 1. The van der Waals surface area contributed by atoms with Crippen molar-refractivity contribution in [2.24, 2.45) is 7.05 Å². The number of nitrogens with one attached hydrogen (secondary N) is 1. The highest BCUT2D eigenvalue weighted by Crippen LogP contribution is 2.24. The number of aromatic nitrogens is 3. The molecule has 0 radical (unpaired) electrons. The van der Waals surface area contributed by atoms with Crippen LogP contribution in [0.3, 0.4) is 0 Å². The summed E-state index contributed by atoms with van der Waals surface area (Å²) in [5.74, 6) is -0.737. The molecule has 0 bridgehead atoms. The van der Waals surface area contributed by atoms with Gasteiger partial charge >= 0.3 is 5.69 Å². The van der Waals surface area contributed by atoms with Gasteiger partial charge < -0.3 is 0 Å². The third-order valence-corrected chi connectivity index (χ3v) is 3.00. The lowest BCUT2D eigenvalue weighted by Crippen LogP contribution is -2.17. The van der Waals surface area contributed by atoms with Crippen LogP contribution in [0.25, 0.3) is 0 Å². The Morgan fingerprint density at radius 3 is 2.81 bits per heavy atom. The minimum Gasteiger partial charge on any atom is -0.299 e. The summed E-state index contributed by atoms with van der Waals surface area (Å²) in [6, 6.07) is 4.09. The van der Waals surface area contributed by atoms with Crippen molar-refractivity contribution in [3.63, 3.8) is 0 Å². The number of hydrogen-bond acceptors (Lipinski definition) is 5. The molecule has 1 N–H and O–H groups in total. The molecule has 0 aromatic carbocycles. The van der Waals surface area contributed by atoms with Gasteiger partial charge in [-0.25, -0.2) is 4.98 Å². The van der Waals surface area contributed by atoms with Crippen LogP contribution in [0.2, 0.25) is 5.15 Å². The van der Waals surface area contributed by atoms with Crippen LogP contribution in [0, 0.1) is 10.1 Å². The minimum atomic E-state index is -0.639. The van der Waals surface area contributed by atoms with Crippen LogP contribution in [-0.2, 0) is 13.5 Å². The van der Waals surface area contributed by atoms with Crippen molar-refractivity contribution >= 4 is 29.0 Å². The van der Waals surface area contributed by atoms with Gasteiger partial charge in [-0.15, -0.1) is 0 Å². The zero-order valence-electron chi connectivity index (χ0n) is 11.3. The number of amides is 1. The van der Waals surface area contributed by atoms with Gasteiger partial charge in [-0.1, -0.05) is 18.5 Å². The monoisotopic (exact) mass is 309 g/mol. The summed E-state index contributed by atoms with van der Waals surface area (Å²) in [6.07, 6.45) is 0.677. The van der Waals surface area contributed by atoms with Crippen molar-refractivity contribution in [1.29, 1.82) is 0 Å². The van der Waals surface area contributed by atoms with Gasteiger partial charge in [-0.05, 0) is 18.6 Å². The number of rotatable bonds is 4. The molecule has 0 saturated heterocycles. The Hall–Kier alpha value is -2.48. The van der Waals surface area contributed by atoms with E-state index in [0.29, 0.717) is 6.42 Å². The summed E-state index contributed by atoms with van der Waals surface area (Å²) in [5, 5.41) is 17.5. The third-order valence-electron chi connectivity index (χ3n) is 2.79. The zero-order chi connectivity index (χ0) is 15.6. The lowest BCUT2D eigenvalue weighted by molar-refractivity contribution is -0.384. The first-order chi connectivity index (χ1) is 9.92. The fourth-order valence-corrected chi connectivity index (χ4v) is 1.90. The smallest absolute Gasteiger partial charge is 0.299 e. The molecular formula is C12H12ClN5O3. The van der Waals surface area contributed by atoms with E-state index in [-0.39, 0.29) is 22.4 Å². The van der Waals surface area contributed by atoms with Crippen LogP contribution in [0.4, 0.5) is 11.5 Å². The van der Waals surface area contributed by atoms with Crippen molar-refractivity contribution < 1.29 is 9.72 Å². The van der Waals surface area contributed by atoms with Gasteiger partial charge in [0, 0.05) is 13.1 Å². The fraction of sp³-hybridized carbons (Fsp3) is 0.250. The van der Waals surface area contributed by atoms with Gasteiger partial charge in [0.2, 0.25) is 5.82 Å². The van der Waals surface area contributed by atoms with E-state index in [0.717, 1.165) is 5.69 Å². The second-order valence-corrected chi connectivity index (χ2v) is 4.60. The van der Waals surface area contributed by atoms with Gasteiger partial charge in [-0.2, -0.15) is 5.10 Å². The summed E-state index contributed by atoms with van der Waals surface area (Å²) in [4.78, 5) is 26.2. The molecule has 0 atom stereocenters. The molecule has 0 aliphatic rings. The Balaban J connectivity index is 2.33. The molecule has 9 heteroatoms. The predicted octanol–water partition coefficient (Wildman–Crippen LogP) is 2.19. The predicted molar refractivity (Wildman–Crippen MR) is 76.4 cm³/mol. The Kier molecular flexibility index (Phi) is 4.18. The molecule has 2 aromatic rings. The normalized spacial score (nSPS) is 10.4. The maximum Gasteiger partial charge on any atom is 0.311 e. The quantitative estimate of drug-likeness (QED) is 0.529.